The van der Waals surface area contributed by atoms with Crippen molar-refractivity contribution in [2.45, 2.75) is 27.7 Å². The average molecular weight is 184 g/mol. The largest absolute Gasteiger partial charge is 0.494 e. The molecule has 1 rings (SSSR count). The van der Waals surface area contributed by atoms with Crippen LogP contribution in [-0.2, 0) is 0 Å². The summed E-state index contributed by atoms with van der Waals surface area (Å²) in [7, 11) is 0. The molecule has 0 aliphatic rings. The third-order valence-corrected chi connectivity index (χ3v) is 1.52. The van der Waals surface area contributed by atoms with Crippen LogP contribution in [0.25, 0.3) is 0 Å². The van der Waals surface area contributed by atoms with Crippen LogP contribution in [0.5, 0.6) is 5.75 Å². The Bertz CT molecular complexity index is 246. The summed E-state index contributed by atoms with van der Waals surface area (Å²) < 4.78 is 18.0. The first-order chi connectivity index (χ1) is 6.25. The van der Waals surface area contributed by atoms with Gasteiger partial charge < -0.3 is 4.74 Å². The van der Waals surface area contributed by atoms with Crippen LogP contribution >= 0.6 is 0 Å². The lowest BCUT2D eigenvalue weighted by Crippen LogP contribution is -1.95. The number of rotatable bonds is 2. The van der Waals surface area contributed by atoms with Crippen molar-refractivity contribution in [1.82, 2.24) is 0 Å². The van der Waals surface area contributed by atoms with E-state index in [1.54, 1.807) is 19.1 Å². The Balaban J connectivity index is 0.000000671. The van der Waals surface area contributed by atoms with Gasteiger partial charge in [-0.1, -0.05) is 19.9 Å². The van der Waals surface area contributed by atoms with Crippen LogP contribution in [0.3, 0.4) is 0 Å². The first kappa shape index (κ1) is 11.9. The Morgan fingerprint density at radius 1 is 1.31 bits per heavy atom. The van der Waals surface area contributed by atoms with E-state index < -0.39 is 0 Å². The highest BCUT2D eigenvalue weighted by molar-refractivity contribution is 5.33. The number of benzene rings is 1. The Morgan fingerprint density at radius 3 is 2.46 bits per heavy atom. The Labute approximate surface area is 79.5 Å². The highest BCUT2D eigenvalue weighted by Gasteiger charge is 2.01. The predicted octanol–water partition coefficient (Wildman–Crippen LogP) is 3.56. The minimum atomic E-state index is -0.212. The van der Waals surface area contributed by atoms with Crippen LogP contribution in [0.15, 0.2) is 18.2 Å². The van der Waals surface area contributed by atoms with Crippen molar-refractivity contribution >= 4 is 0 Å². The van der Waals surface area contributed by atoms with Gasteiger partial charge in [0.2, 0.25) is 0 Å². The molecule has 0 radical (unpaired) electrons. The fourth-order valence-corrected chi connectivity index (χ4v) is 0.900. The van der Waals surface area contributed by atoms with Gasteiger partial charge in [-0.2, -0.15) is 0 Å². The molecule has 0 aromatic heterocycles. The molecule has 0 amide bonds. The van der Waals surface area contributed by atoms with Gasteiger partial charge in [0, 0.05) is 5.56 Å². The molecule has 0 saturated heterocycles. The Hall–Kier alpha value is -1.05. The van der Waals surface area contributed by atoms with E-state index in [-0.39, 0.29) is 5.82 Å². The fraction of sp³-hybridized carbons (Fsp3) is 0.455. The second kappa shape index (κ2) is 6.46. The molecule has 0 heterocycles. The predicted molar refractivity (Wildman–Crippen MR) is 53.7 cm³/mol. The van der Waals surface area contributed by atoms with Crippen LogP contribution in [0.4, 0.5) is 4.39 Å². The van der Waals surface area contributed by atoms with E-state index in [1.165, 1.54) is 6.07 Å². The maximum absolute atomic E-state index is 12.8. The molecular weight excluding hydrogens is 167 g/mol. The molecule has 1 aromatic rings. The summed E-state index contributed by atoms with van der Waals surface area (Å²) in [5, 5.41) is 0. The van der Waals surface area contributed by atoms with Crippen molar-refractivity contribution in [3.63, 3.8) is 0 Å². The lowest BCUT2D eigenvalue weighted by Gasteiger charge is -2.05. The average Bonchev–Trinajstić information content (AvgIpc) is 2.17. The molecule has 0 unspecified atom stereocenters. The van der Waals surface area contributed by atoms with Gasteiger partial charge in [0.1, 0.15) is 11.6 Å². The summed E-state index contributed by atoms with van der Waals surface area (Å²) in [6.45, 7) is 8.16. The molecule has 0 aliphatic heterocycles. The van der Waals surface area contributed by atoms with Gasteiger partial charge in [-0.25, -0.2) is 4.39 Å². The molecule has 1 nitrogen and oxygen atoms in total. The van der Waals surface area contributed by atoms with Crippen LogP contribution in [0.2, 0.25) is 0 Å². The molecule has 0 N–H and O–H groups in total. The molecule has 13 heavy (non-hydrogen) atoms. The molecule has 0 fully saturated rings. The number of hydrogen-bond donors (Lipinski definition) is 0. The molecule has 0 saturated carbocycles. The van der Waals surface area contributed by atoms with Crippen molar-refractivity contribution in [1.29, 1.82) is 0 Å². The topological polar surface area (TPSA) is 9.23 Å². The third kappa shape index (κ3) is 3.45. The summed E-state index contributed by atoms with van der Waals surface area (Å²) in [4.78, 5) is 0. The van der Waals surface area contributed by atoms with Gasteiger partial charge in [-0.05, 0) is 26.0 Å². The highest BCUT2D eigenvalue weighted by Crippen LogP contribution is 2.19. The van der Waals surface area contributed by atoms with Crippen LogP contribution in [0.1, 0.15) is 26.3 Å². The van der Waals surface area contributed by atoms with Gasteiger partial charge in [-0.3, -0.25) is 0 Å². The lowest BCUT2D eigenvalue weighted by atomic mass is 10.2. The zero-order valence-corrected chi connectivity index (χ0v) is 8.73. The highest BCUT2D eigenvalue weighted by atomic mass is 19.1. The van der Waals surface area contributed by atoms with Crippen LogP contribution in [-0.4, -0.2) is 6.61 Å². The first-order valence-electron chi connectivity index (χ1n) is 4.63. The van der Waals surface area contributed by atoms with Gasteiger partial charge in [0.25, 0.3) is 0 Å². The normalized spacial score (nSPS) is 8.69. The SMILES string of the molecule is CC.CCOc1cccc(F)c1C. The fourth-order valence-electron chi connectivity index (χ4n) is 0.900. The summed E-state index contributed by atoms with van der Waals surface area (Å²) in [5.74, 6) is 0.420. The maximum Gasteiger partial charge on any atom is 0.129 e. The Morgan fingerprint density at radius 2 is 1.92 bits per heavy atom. The molecular formula is C11H17FO. The Kier molecular flexibility index (Phi) is 5.94. The molecule has 0 aliphatic carbocycles. The van der Waals surface area contributed by atoms with E-state index in [0.29, 0.717) is 17.9 Å². The summed E-state index contributed by atoms with van der Waals surface area (Å²) >= 11 is 0. The molecule has 1 aromatic carbocycles. The summed E-state index contributed by atoms with van der Waals surface area (Å²) in [6.07, 6.45) is 0. The monoisotopic (exact) mass is 184 g/mol. The van der Waals surface area contributed by atoms with Crippen LogP contribution in [0, 0.1) is 12.7 Å². The van der Waals surface area contributed by atoms with Gasteiger partial charge in [0.15, 0.2) is 0 Å². The zero-order chi connectivity index (χ0) is 10.3. The minimum Gasteiger partial charge on any atom is -0.494 e. The second-order valence-corrected chi connectivity index (χ2v) is 2.30. The molecule has 0 bridgehead atoms. The zero-order valence-electron chi connectivity index (χ0n) is 8.73. The van der Waals surface area contributed by atoms with Crippen molar-refractivity contribution in [2.75, 3.05) is 6.61 Å². The van der Waals surface area contributed by atoms with Gasteiger partial charge >= 0.3 is 0 Å². The van der Waals surface area contributed by atoms with Crippen molar-refractivity contribution < 1.29 is 9.13 Å². The van der Waals surface area contributed by atoms with Crippen LogP contribution < -0.4 is 4.74 Å². The van der Waals surface area contributed by atoms with E-state index in [1.807, 2.05) is 20.8 Å². The second-order valence-electron chi connectivity index (χ2n) is 2.30. The van der Waals surface area contributed by atoms with Crippen molar-refractivity contribution in [3.05, 3.63) is 29.6 Å². The lowest BCUT2D eigenvalue weighted by molar-refractivity contribution is 0.335. The number of hydrogen-bond acceptors (Lipinski definition) is 1. The number of halogens is 1. The molecule has 2 heteroatoms. The first-order valence-corrected chi connectivity index (χ1v) is 4.63. The van der Waals surface area contributed by atoms with E-state index >= 15 is 0 Å². The standard InChI is InChI=1S/C9H11FO.C2H6/c1-3-11-9-6-4-5-8(10)7(9)2;1-2/h4-6H,3H2,1-2H3;1-2H3. The maximum atomic E-state index is 12.8. The quantitative estimate of drug-likeness (QED) is 0.682. The van der Waals surface area contributed by atoms with E-state index in [2.05, 4.69) is 0 Å². The van der Waals surface area contributed by atoms with Crippen molar-refractivity contribution in [2.24, 2.45) is 0 Å². The minimum absolute atomic E-state index is 0.212. The molecule has 0 spiro atoms. The molecule has 74 valence electrons. The summed E-state index contributed by atoms with van der Waals surface area (Å²) in [6, 6.07) is 4.84. The smallest absolute Gasteiger partial charge is 0.129 e. The third-order valence-electron chi connectivity index (χ3n) is 1.52. The summed E-state index contributed by atoms with van der Waals surface area (Å²) in [5.41, 5.74) is 0.578. The molecule has 0 atom stereocenters. The van der Waals surface area contributed by atoms with E-state index in [9.17, 15) is 4.39 Å². The van der Waals surface area contributed by atoms with Gasteiger partial charge in [-0.15, -0.1) is 0 Å². The number of ether oxygens (including phenoxy) is 1. The van der Waals surface area contributed by atoms with E-state index in [4.69, 9.17) is 4.74 Å². The van der Waals surface area contributed by atoms with E-state index in [0.717, 1.165) is 0 Å². The van der Waals surface area contributed by atoms with Gasteiger partial charge in [0.05, 0.1) is 6.61 Å². The van der Waals surface area contributed by atoms with Crippen molar-refractivity contribution in [3.8, 4) is 5.75 Å².